The van der Waals surface area contributed by atoms with E-state index in [1.165, 1.54) is 59.4 Å². The topological polar surface area (TPSA) is 0 Å². The Hall–Kier alpha value is -2.86. The van der Waals surface area contributed by atoms with Crippen LogP contribution in [0.1, 0.15) is 5.56 Å². The maximum atomic E-state index is 2.36. The highest BCUT2D eigenvalue weighted by atomic mass is 14.2. The van der Waals surface area contributed by atoms with E-state index in [-0.39, 0.29) is 0 Å². The van der Waals surface area contributed by atoms with Crippen molar-refractivity contribution in [3.8, 4) is 0 Å². The molecule has 0 aliphatic heterocycles. The summed E-state index contributed by atoms with van der Waals surface area (Å²) in [4.78, 5) is 0. The third kappa shape index (κ3) is 1.29. The van der Waals surface area contributed by atoms with Gasteiger partial charge in [0, 0.05) is 0 Å². The van der Waals surface area contributed by atoms with Crippen LogP contribution < -0.4 is 0 Å². The largest absolute Gasteiger partial charge is 0.0610 e. The molecular weight excluding hydrogens is 276 g/mol. The van der Waals surface area contributed by atoms with Crippen molar-refractivity contribution < 1.29 is 0 Å². The summed E-state index contributed by atoms with van der Waals surface area (Å²) in [6, 6.07) is 24.9. The Labute approximate surface area is 133 Å². The molecule has 0 radical (unpaired) electrons. The van der Waals surface area contributed by atoms with Gasteiger partial charge in [-0.05, 0) is 78.5 Å². The lowest BCUT2D eigenvalue weighted by atomic mass is 9.86. The fourth-order valence-corrected chi connectivity index (χ4v) is 4.48. The Kier molecular flexibility index (Phi) is 1.89. The molecule has 6 rings (SSSR count). The molecule has 0 N–H and O–H groups in total. The molecule has 0 heterocycles. The van der Waals surface area contributed by atoms with Crippen LogP contribution in [0.25, 0.3) is 53.9 Å². The highest BCUT2D eigenvalue weighted by Gasteiger charge is 2.15. The molecule has 6 aromatic carbocycles. The van der Waals surface area contributed by atoms with E-state index in [0.29, 0.717) is 0 Å². The number of benzene rings is 6. The van der Waals surface area contributed by atoms with Crippen LogP contribution >= 0.6 is 0 Å². The van der Waals surface area contributed by atoms with E-state index in [2.05, 4.69) is 73.7 Å². The zero-order valence-corrected chi connectivity index (χ0v) is 12.9. The summed E-state index contributed by atoms with van der Waals surface area (Å²) in [7, 11) is 0. The second-order valence-corrected chi connectivity index (χ2v) is 6.69. The third-order valence-electron chi connectivity index (χ3n) is 5.41. The van der Waals surface area contributed by atoms with Crippen LogP contribution in [0.3, 0.4) is 0 Å². The predicted octanol–water partition coefficient (Wildman–Crippen LogP) is 6.64. The van der Waals surface area contributed by atoms with Gasteiger partial charge in [-0.1, -0.05) is 54.6 Å². The Balaban J connectivity index is 2.14. The van der Waals surface area contributed by atoms with Crippen LogP contribution in [0.4, 0.5) is 0 Å². The van der Waals surface area contributed by atoms with Crippen LogP contribution in [0.2, 0.25) is 0 Å². The molecule has 0 unspecified atom stereocenters. The van der Waals surface area contributed by atoms with E-state index in [0.717, 1.165) is 0 Å². The van der Waals surface area contributed by atoms with Gasteiger partial charge in [0.15, 0.2) is 0 Å². The zero-order valence-electron chi connectivity index (χ0n) is 12.9. The van der Waals surface area contributed by atoms with Crippen LogP contribution in [0, 0.1) is 6.92 Å². The van der Waals surface area contributed by atoms with E-state index in [1.807, 2.05) is 0 Å². The zero-order chi connectivity index (χ0) is 15.1. The quantitative estimate of drug-likeness (QED) is 0.217. The Morgan fingerprint density at radius 1 is 0.478 bits per heavy atom. The summed E-state index contributed by atoms with van der Waals surface area (Å²) in [5.74, 6) is 0. The maximum absolute atomic E-state index is 2.36. The molecule has 0 atom stereocenters. The number of aryl methyl sites for hydroxylation is 1. The molecule has 0 bridgehead atoms. The van der Waals surface area contributed by atoms with Gasteiger partial charge in [0.1, 0.15) is 0 Å². The minimum atomic E-state index is 1.34. The van der Waals surface area contributed by atoms with E-state index < -0.39 is 0 Å². The minimum Gasteiger partial charge on any atom is -0.0610 e. The van der Waals surface area contributed by atoms with Gasteiger partial charge in [0.2, 0.25) is 0 Å². The molecule has 0 spiro atoms. The summed E-state index contributed by atoms with van der Waals surface area (Å²) >= 11 is 0. The van der Waals surface area contributed by atoms with E-state index in [1.54, 1.807) is 0 Å². The molecule has 23 heavy (non-hydrogen) atoms. The first-order valence-corrected chi connectivity index (χ1v) is 8.13. The molecule has 6 aromatic rings. The summed E-state index contributed by atoms with van der Waals surface area (Å²) in [5.41, 5.74) is 1.36. The molecule has 0 amide bonds. The van der Waals surface area contributed by atoms with Crippen LogP contribution in [-0.2, 0) is 0 Å². The predicted molar refractivity (Wildman–Crippen MR) is 101 cm³/mol. The standard InChI is InChI=1S/C23H14/c1-13-10-18-12-15-5-2-4-14-8-9-17-11-16-6-3-7-19(13)21(16)23(18)22(17)20(14)15/h2-12H,1H3. The van der Waals surface area contributed by atoms with Crippen molar-refractivity contribution in [1.29, 1.82) is 0 Å². The lowest BCUT2D eigenvalue weighted by Crippen LogP contribution is -1.90. The highest BCUT2D eigenvalue weighted by molar-refractivity contribution is 6.36. The SMILES string of the molecule is Cc1cc2cc3cccc4ccc5cc6cccc1c6c2c5c43. The van der Waals surface area contributed by atoms with Gasteiger partial charge in [-0.3, -0.25) is 0 Å². The van der Waals surface area contributed by atoms with Gasteiger partial charge in [0.05, 0.1) is 0 Å². The molecule has 0 aromatic heterocycles. The monoisotopic (exact) mass is 290 g/mol. The molecule has 0 nitrogen and oxygen atoms in total. The van der Waals surface area contributed by atoms with E-state index in [9.17, 15) is 0 Å². The van der Waals surface area contributed by atoms with Crippen LogP contribution in [0.5, 0.6) is 0 Å². The second-order valence-electron chi connectivity index (χ2n) is 6.69. The molecule has 0 saturated carbocycles. The number of hydrogen-bond donors (Lipinski definition) is 0. The molecule has 0 heteroatoms. The third-order valence-corrected chi connectivity index (χ3v) is 5.41. The molecule has 0 aliphatic rings. The summed E-state index contributed by atoms with van der Waals surface area (Å²) in [6.07, 6.45) is 0. The average molecular weight is 290 g/mol. The fourth-order valence-electron chi connectivity index (χ4n) is 4.48. The number of rotatable bonds is 0. The van der Waals surface area contributed by atoms with Crippen molar-refractivity contribution in [2.75, 3.05) is 0 Å². The minimum absolute atomic E-state index is 1.34. The van der Waals surface area contributed by atoms with Crippen molar-refractivity contribution in [2.24, 2.45) is 0 Å². The normalized spacial score (nSPS) is 12.6. The van der Waals surface area contributed by atoms with Crippen LogP contribution in [0.15, 0.2) is 66.7 Å². The summed E-state index contributed by atoms with van der Waals surface area (Å²) in [5, 5.41) is 13.8. The first-order valence-electron chi connectivity index (χ1n) is 8.13. The van der Waals surface area contributed by atoms with Crippen molar-refractivity contribution >= 4 is 53.9 Å². The van der Waals surface area contributed by atoms with Gasteiger partial charge < -0.3 is 0 Å². The van der Waals surface area contributed by atoms with Gasteiger partial charge >= 0.3 is 0 Å². The van der Waals surface area contributed by atoms with Gasteiger partial charge in [-0.25, -0.2) is 0 Å². The highest BCUT2D eigenvalue weighted by Crippen LogP contribution is 2.43. The van der Waals surface area contributed by atoms with Crippen molar-refractivity contribution in [2.45, 2.75) is 6.92 Å². The lowest BCUT2D eigenvalue weighted by molar-refractivity contribution is 1.56. The average Bonchev–Trinajstić information content (AvgIpc) is 2.58. The van der Waals surface area contributed by atoms with Crippen molar-refractivity contribution in [1.82, 2.24) is 0 Å². The smallest absolute Gasteiger partial charge is 0.00139 e. The fraction of sp³-hybridized carbons (Fsp3) is 0.0435. The molecule has 0 fully saturated rings. The van der Waals surface area contributed by atoms with Crippen molar-refractivity contribution in [3.63, 3.8) is 0 Å². The maximum Gasteiger partial charge on any atom is -0.00139 e. The first-order chi connectivity index (χ1) is 11.3. The van der Waals surface area contributed by atoms with Crippen LogP contribution in [-0.4, -0.2) is 0 Å². The molecular formula is C23H14. The Morgan fingerprint density at radius 3 is 2.00 bits per heavy atom. The first kappa shape index (κ1) is 11.7. The number of hydrogen-bond acceptors (Lipinski definition) is 0. The van der Waals surface area contributed by atoms with Crippen molar-refractivity contribution in [3.05, 3.63) is 72.3 Å². The lowest BCUT2D eigenvalue weighted by Gasteiger charge is -2.18. The molecule has 106 valence electrons. The van der Waals surface area contributed by atoms with E-state index >= 15 is 0 Å². The van der Waals surface area contributed by atoms with Gasteiger partial charge in [0.25, 0.3) is 0 Å². The second kappa shape index (κ2) is 3.72. The Bertz CT molecular complexity index is 1350. The summed E-state index contributed by atoms with van der Waals surface area (Å²) < 4.78 is 0. The molecule has 0 saturated heterocycles. The van der Waals surface area contributed by atoms with E-state index in [4.69, 9.17) is 0 Å². The summed E-state index contributed by atoms with van der Waals surface area (Å²) in [6.45, 7) is 2.23. The van der Waals surface area contributed by atoms with Gasteiger partial charge in [-0.15, -0.1) is 0 Å². The Morgan fingerprint density at radius 2 is 1.09 bits per heavy atom. The molecule has 0 aliphatic carbocycles. The van der Waals surface area contributed by atoms with Gasteiger partial charge in [-0.2, -0.15) is 0 Å².